The monoisotopic (exact) mass is 286 g/mol. The van der Waals surface area contributed by atoms with Gasteiger partial charge >= 0.3 is 0 Å². The first-order valence-electron chi connectivity index (χ1n) is 5.52. The van der Waals surface area contributed by atoms with Gasteiger partial charge in [0.1, 0.15) is 15.8 Å². The maximum atomic E-state index is 6.24. The maximum Gasteiger partial charge on any atom is 0.141 e. The van der Waals surface area contributed by atoms with E-state index in [1.54, 1.807) is 11.3 Å². The van der Waals surface area contributed by atoms with Gasteiger partial charge < -0.3 is 0 Å². The fourth-order valence-corrected chi connectivity index (χ4v) is 3.59. The number of aryl methyl sites for hydroxylation is 2. The highest BCUT2D eigenvalue weighted by molar-refractivity contribution is 7.99. The summed E-state index contributed by atoms with van der Waals surface area (Å²) in [6.07, 6.45) is 0. The lowest BCUT2D eigenvalue weighted by Crippen LogP contribution is -1.96. The predicted molar refractivity (Wildman–Crippen MR) is 78.3 cm³/mol. The quantitative estimate of drug-likeness (QED) is 0.771. The van der Waals surface area contributed by atoms with Crippen molar-refractivity contribution in [3.63, 3.8) is 0 Å². The molecule has 0 N–H and O–H groups in total. The van der Waals surface area contributed by atoms with Gasteiger partial charge in [-0.1, -0.05) is 25.4 Å². The molecule has 0 fully saturated rings. The number of hydrogen-bond donors (Lipinski definition) is 0. The number of fused-ring (bicyclic) bond motifs is 1. The lowest BCUT2D eigenvalue weighted by Gasteiger charge is -2.04. The van der Waals surface area contributed by atoms with Gasteiger partial charge in [0, 0.05) is 4.88 Å². The summed E-state index contributed by atoms with van der Waals surface area (Å²) >= 11 is 9.77. The van der Waals surface area contributed by atoms with Crippen LogP contribution in [0.25, 0.3) is 10.2 Å². The van der Waals surface area contributed by atoms with E-state index >= 15 is 0 Å². The standard InChI is InChI=1S/C12H15ClN2S2/c1-6(2)16-5-9-14-11(13)10-7(3)8(4)17-12(10)15-9/h6H,5H2,1-4H3. The van der Waals surface area contributed by atoms with Crippen LogP contribution in [0, 0.1) is 13.8 Å². The highest BCUT2D eigenvalue weighted by Crippen LogP contribution is 2.33. The van der Waals surface area contributed by atoms with E-state index in [1.807, 2.05) is 11.8 Å². The van der Waals surface area contributed by atoms with Crippen LogP contribution in [-0.4, -0.2) is 15.2 Å². The highest BCUT2D eigenvalue weighted by atomic mass is 35.5. The van der Waals surface area contributed by atoms with Crippen LogP contribution >= 0.6 is 34.7 Å². The summed E-state index contributed by atoms with van der Waals surface area (Å²) in [5.74, 6) is 1.66. The van der Waals surface area contributed by atoms with Crippen molar-refractivity contribution in [2.75, 3.05) is 0 Å². The highest BCUT2D eigenvalue weighted by Gasteiger charge is 2.13. The molecule has 0 unspecified atom stereocenters. The van der Waals surface area contributed by atoms with Crippen LogP contribution in [0.4, 0.5) is 0 Å². The van der Waals surface area contributed by atoms with Gasteiger partial charge in [-0.3, -0.25) is 0 Å². The van der Waals surface area contributed by atoms with E-state index in [0.29, 0.717) is 10.4 Å². The summed E-state index contributed by atoms with van der Waals surface area (Å²) in [4.78, 5) is 11.3. The second-order valence-corrected chi connectivity index (χ2v) is 7.38. The molecule has 0 saturated heterocycles. The zero-order valence-electron chi connectivity index (χ0n) is 10.4. The molecule has 0 aromatic carbocycles. The zero-order valence-corrected chi connectivity index (χ0v) is 12.8. The molecule has 0 atom stereocenters. The van der Waals surface area contributed by atoms with Crippen molar-refractivity contribution >= 4 is 44.9 Å². The minimum absolute atomic E-state index is 0.583. The third-order valence-electron chi connectivity index (χ3n) is 2.58. The topological polar surface area (TPSA) is 25.8 Å². The number of nitrogens with zero attached hydrogens (tertiary/aromatic N) is 2. The van der Waals surface area contributed by atoms with E-state index in [4.69, 9.17) is 11.6 Å². The molecule has 2 aromatic rings. The summed E-state index contributed by atoms with van der Waals surface area (Å²) in [6, 6.07) is 0. The van der Waals surface area contributed by atoms with Crippen LogP contribution in [0.1, 0.15) is 30.1 Å². The Morgan fingerprint density at radius 3 is 2.65 bits per heavy atom. The molecule has 2 heterocycles. The summed E-state index contributed by atoms with van der Waals surface area (Å²) in [7, 11) is 0. The molecular formula is C12H15ClN2S2. The average Bonchev–Trinajstić information content (AvgIpc) is 2.52. The van der Waals surface area contributed by atoms with Crippen LogP contribution in [0.15, 0.2) is 0 Å². The largest absolute Gasteiger partial charge is 0.221 e. The first kappa shape index (κ1) is 13.1. The fourth-order valence-electron chi connectivity index (χ4n) is 1.55. The Kier molecular flexibility index (Phi) is 3.95. The Morgan fingerprint density at radius 1 is 1.29 bits per heavy atom. The number of aromatic nitrogens is 2. The number of hydrogen-bond acceptors (Lipinski definition) is 4. The third-order valence-corrected chi connectivity index (χ3v) is 5.04. The van der Waals surface area contributed by atoms with Crippen LogP contribution in [0.3, 0.4) is 0 Å². The Labute approximate surface area is 115 Å². The zero-order chi connectivity index (χ0) is 12.6. The van der Waals surface area contributed by atoms with Crippen molar-refractivity contribution in [2.45, 2.75) is 38.7 Å². The predicted octanol–water partition coefficient (Wildman–Crippen LogP) is 4.60. The lowest BCUT2D eigenvalue weighted by molar-refractivity contribution is 1.05. The molecule has 0 aliphatic rings. The molecule has 2 nitrogen and oxygen atoms in total. The molecule has 0 aliphatic heterocycles. The number of thiophene rings is 1. The molecule has 17 heavy (non-hydrogen) atoms. The fraction of sp³-hybridized carbons (Fsp3) is 0.500. The molecule has 0 bridgehead atoms. The summed E-state index contributed by atoms with van der Waals surface area (Å²) in [6.45, 7) is 8.51. The molecule has 0 saturated carbocycles. The first-order valence-corrected chi connectivity index (χ1v) is 7.77. The lowest BCUT2D eigenvalue weighted by atomic mass is 10.2. The normalized spacial score (nSPS) is 11.6. The van der Waals surface area contributed by atoms with E-state index < -0.39 is 0 Å². The number of halogens is 1. The minimum Gasteiger partial charge on any atom is -0.221 e. The van der Waals surface area contributed by atoms with Gasteiger partial charge in [0.2, 0.25) is 0 Å². The molecule has 0 radical (unpaired) electrons. The van der Waals surface area contributed by atoms with E-state index in [1.165, 1.54) is 10.4 Å². The SMILES string of the molecule is Cc1sc2nc(CSC(C)C)nc(Cl)c2c1C. The number of thioether (sulfide) groups is 1. The van der Waals surface area contributed by atoms with Crippen molar-refractivity contribution in [3.8, 4) is 0 Å². The number of rotatable bonds is 3. The van der Waals surface area contributed by atoms with E-state index in [9.17, 15) is 0 Å². The van der Waals surface area contributed by atoms with Crippen molar-refractivity contribution in [1.29, 1.82) is 0 Å². The Hall–Kier alpha value is -0.320. The molecule has 0 amide bonds. The van der Waals surface area contributed by atoms with Gasteiger partial charge in [-0.2, -0.15) is 11.8 Å². The first-order chi connectivity index (χ1) is 7.99. The van der Waals surface area contributed by atoms with Crippen LogP contribution < -0.4 is 0 Å². The Bertz CT molecular complexity index is 549. The molecule has 2 rings (SSSR count). The van der Waals surface area contributed by atoms with Crippen molar-refractivity contribution in [2.24, 2.45) is 0 Å². The van der Waals surface area contributed by atoms with Gasteiger partial charge in [0.05, 0.1) is 11.1 Å². The van der Waals surface area contributed by atoms with Crippen LogP contribution in [0.5, 0.6) is 0 Å². The summed E-state index contributed by atoms with van der Waals surface area (Å²) in [5, 5.41) is 2.20. The van der Waals surface area contributed by atoms with E-state index in [2.05, 4.69) is 37.7 Å². The van der Waals surface area contributed by atoms with Crippen molar-refractivity contribution in [3.05, 3.63) is 21.4 Å². The summed E-state index contributed by atoms with van der Waals surface area (Å²) in [5.41, 5.74) is 1.21. The van der Waals surface area contributed by atoms with Gasteiger partial charge in [-0.05, 0) is 24.7 Å². The second kappa shape index (κ2) is 5.12. The van der Waals surface area contributed by atoms with Crippen LogP contribution in [-0.2, 0) is 5.75 Å². The third kappa shape index (κ3) is 2.75. The molecule has 0 spiro atoms. The van der Waals surface area contributed by atoms with Crippen LogP contribution in [0.2, 0.25) is 5.15 Å². The van der Waals surface area contributed by atoms with Gasteiger partial charge in [-0.15, -0.1) is 11.3 Å². The van der Waals surface area contributed by atoms with E-state index in [0.717, 1.165) is 21.8 Å². The van der Waals surface area contributed by atoms with Crippen molar-refractivity contribution in [1.82, 2.24) is 9.97 Å². The molecule has 92 valence electrons. The summed E-state index contributed by atoms with van der Waals surface area (Å²) < 4.78 is 0. The van der Waals surface area contributed by atoms with Crippen molar-refractivity contribution < 1.29 is 0 Å². The molecular weight excluding hydrogens is 272 g/mol. The Morgan fingerprint density at radius 2 is 2.00 bits per heavy atom. The van der Waals surface area contributed by atoms with Gasteiger partial charge in [-0.25, -0.2) is 9.97 Å². The average molecular weight is 287 g/mol. The maximum absolute atomic E-state index is 6.24. The smallest absolute Gasteiger partial charge is 0.141 e. The van der Waals surface area contributed by atoms with Gasteiger partial charge in [0.25, 0.3) is 0 Å². The van der Waals surface area contributed by atoms with E-state index in [-0.39, 0.29) is 0 Å². The second-order valence-electron chi connectivity index (χ2n) is 4.25. The van der Waals surface area contributed by atoms with Gasteiger partial charge in [0.15, 0.2) is 0 Å². The molecule has 2 aromatic heterocycles. The Balaban J connectivity index is 2.42. The molecule has 0 aliphatic carbocycles. The minimum atomic E-state index is 0.583. The molecule has 5 heteroatoms.